The van der Waals surface area contributed by atoms with E-state index < -0.39 is 12.1 Å². The van der Waals surface area contributed by atoms with E-state index >= 15 is 0 Å². The zero-order valence-electron chi connectivity index (χ0n) is 23.7. The summed E-state index contributed by atoms with van der Waals surface area (Å²) in [6, 6.07) is 22.1. The molecule has 0 saturated carbocycles. The van der Waals surface area contributed by atoms with E-state index in [1.165, 1.54) is 6.92 Å². The molecule has 0 aliphatic carbocycles. The molecular weight excluding hydrogens is 518 g/mol. The van der Waals surface area contributed by atoms with Crippen LogP contribution in [0.15, 0.2) is 72.8 Å². The summed E-state index contributed by atoms with van der Waals surface area (Å²) >= 11 is 0. The highest BCUT2D eigenvalue weighted by atomic mass is 16.3. The molecule has 9 heteroatoms. The molecule has 0 aromatic heterocycles. The number of amides is 3. The van der Waals surface area contributed by atoms with Gasteiger partial charge in [-0.05, 0) is 61.2 Å². The Labute approximate surface area is 241 Å². The Hall–Kier alpha value is -4.21. The monoisotopic (exact) mass is 557 g/mol. The molecule has 9 nitrogen and oxygen atoms in total. The van der Waals surface area contributed by atoms with Crippen molar-refractivity contribution >= 4 is 34.8 Å². The lowest BCUT2D eigenvalue weighted by Gasteiger charge is -2.25. The van der Waals surface area contributed by atoms with Gasteiger partial charge in [0.15, 0.2) is 0 Å². The first-order valence-corrected chi connectivity index (χ1v) is 14.1. The zero-order valence-corrected chi connectivity index (χ0v) is 23.7. The van der Waals surface area contributed by atoms with Crippen LogP contribution >= 0.6 is 0 Å². The van der Waals surface area contributed by atoms with Crippen LogP contribution in [-0.4, -0.2) is 54.6 Å². The number of aliphatic hydroxyl groups is 1. The van der Waals surface area contributed by atoms with Crippen LogP contribution in [0.5, 0.6) is 0 Å². The molecule has 0 radical (unpaired) electrons. The van der Waals surface area contributed by atoms with E-state index in [1.807, 2.05) is 67.6 Å². The van der Waals surface area contributed by atoms with Crippen LogP contribution in [-0.2, 0) is 22.6 Å². The van der Waals surface area contributed by atoms with Crippen molar-refractivity contribution in [3.63, 3.8) is 0 Å². The molecule has 3 aromatic carbocycles. The van der Waals surface area contributed by atoms with Crippen LogP contribution in [0.1, 0.15) is 48.2 Å². The van der Waals surface area contributed by atoms with Crippen LogP contribution in [0, 0.1) is 0 Å². The first-order valence-electron chi connectivity index (χ1n) is 14.1. The van der Waals surface area contributed by atoms with Gasteiger partial charge in [0.05, 0.1) is 12.1 Å². The summed E-state index contributed by atoms with van der Waals surface area (Å²) in [6.45, 7) is 5.53. The van der Waals surface area contributed by atoms with Crippen molar-refractivity contribution in [2.24, 2.45) is 0 Å². The number of nitrogens with zero attached hydrogens (tertiary/aromatic N) is 1. The quantitative estimate of drug-likeness (QED) is 0.219. The lowest BCUT2D eigenvalue weighted by atomic mass is 10.00. The van der Waals surface area contributed by atoms with Crippen molar-refractivity contribution in [2.45, 2.75) is 51.8 Å². The van der Waals surface area contributed by atoms with Gasteiger partial charge in [0.1, 0.15) is 0 Å². The van der Waals surface area contributed by atoms with Crippen molar-refractivity contribution < 1.29 is 19.5 Å². The molecule has 5 N–H and O–H groups in total. The largest absolute Gasteiger partial charge is 0.390 e. The SMILES string of the molecule is CCNc1cc(C(=O)N[C@@H](Cc2ccccc2)[C@@H](O)CNCc2ccc(NC(C)=O)cc2)cc(N2CCCC2=O)c1. The number of rotatable bonds is 13. The molecule has 0 bridgehead atoms. The van der Waals surface area contributed by atoms with Gasteiger partial charge in [0.2, 0.25) is 11.8 Å². The summed E-state index contributed by atoms with van der Waals surface area (Å²) < 4.78 is 0. The number of hydrogen-bond acceptors (Lipinski definition) is 6. The lowest BCUT2D eigenvalue weighted by Crippen LogP contribution is -2.48. The summed E-state index contributed by atoms with van der Waals surface area (Å²) in [5, 5.41) is 23.5. The average Bonchev–Trinajstić information content (AvgIpc) is 3.39. The summed E-state index contributed by atoms with van der Waals surface area (Å²) in [7, 11) is 0. The molecule has 0 spiro atoms. The van der Waals surface area contributed by atoms with E-state index in [0.717, 1.165) is 28.9 Å². The lowest BCUT2D eigenvalue weighted by molar-refractivity contribution is -0.117. The molecule has 216 valence electrons. The summed E-state index contributed by atoms with van der Waals surface area (Å²) in [6.07, 6.45) is 0.883. The Balaban J connectivity index is 1.46. The highest BCUT2D eigenvalue weighted by molar-refractivity contribution is 6.00. The van der Waals surface area contributed by atoms with Gasteiger partial charge >= 0.3 is 0 Å². The zero-order chi connectivity index (χ0) is 29.2. The third kappa shape index (κ3) is 8.64. The Bertz CT molecular complexity index is 1330. The second kappa shape index (κ2) is 14.4. The van der Waals surface area contributed by atoms with Crippen LogP contribution in [0.4, 0.5) is 17.1 Å². The van der Waals surface area contributed by atoms with Crippen LogP contribution in [0.2, 0.25) is 0 Å². The first-order chi connectivity index (χ1) is 19.8. The van der Waals surface area contributed by atoms with Gasteiger partial charge in [-0.2, -0.15) is 0 Å². The van der Waals surface area contributed by atoms with E-state index in [9.17, 15) is 19.5 Å². The number of anilines is 3. The fraction of sp³-hybridized carbons (Fsp3) is 0.344. The number of nitrogens with one attached hydrogen (secondary N) is 4. The number of benzene rings is 3. The highest BCUT2D eigenvalue weighted by Gasteiger charge is 2.25. The van der Waals surface area contributed by atoms with Crippen molar-refractivity contribution in [3.8, 4) is 0 Å². The van der Waals surface area contributed by atoms with Gasteiger partial charge in [-0.25, -0.2) is 0 Å². The number of hydrogen-bond donors (Lipinski definition) is 5. The fourth-order valence-electron chi connectivity index (χ4n) is 4.94. The third-order valence-corrected chi connectivity index (χ3v) is 6.98. The second-order valence-corrected chi connectivity index (χ2v) is 10.3. The molecule has 1 aliphatic rings. The Morgan fingerprint density at radius 1 is 0.976 bits per heavy atom. The van der Waals surface area contributed by atoms with Crippen LogP contribution < -0.4 is 26.2 Å². The smallest absolute Gasteiger partial charge is 0.251 e. The molecular formula is C32H39N5O4. The van der Waals surface area contributed by atoms with Crippen molar-refractivity contribution in [3.05, 3.63) is 89.5 Å². The minimum atomic E-state index is -0.866. The predicted octanol–water partition coefficient (Wildman–Crippen LogP) is 3.70. The normalized spacial score (nSPS) is 14.4. The Morgan fingerprint density at radius 3 is 2.39 bits per heavy atom. The van der Waals surface area contributed by atoms with Gasteiger partial charge in [0, 0.05) is 62.1 Å². The summed E-state index contributed by atoms with van der Waals surface area (Å²) in [5.74, 6) is -0.385. The summed E-state index contributed by atoms with van der Waals surface area (Å²) in [5.41, 5.74) is 4.61. The van der Waals surface area contributed by atoms with Crippen LogP contribution in [0.25, 0.3) is 0 Å². The highest BCUT2D eigenvalue weighted by Crippen LogP contribution is 2.27. The van der Waals surface area contributed by atoms with Gasteiger partial charge in [0.25, 0.3) is 5.91 Å². The molecule has 0 unspecified atom stereocenters. The average molecular weight is 558 g/mol. The maximum atomic E-state index is 13.6. The molecule has 3 aromatic rings. The molecule has 41 heavy (non-hydrogen) atoms. The van der Waals surface area contributed by atoms with Gasteiger partial charge in [-0.1, -0.05) is 42.5 Å². The molecule has 1 heterocycles. The molecule has 2 atom stereocenters. The van der Waals surface area contributed by atoms with Crippen molar-refractivity contribution in [2.75, 3.05) is 35.2 Å². The summed E-state index contributed by atoms with van der Waals surface area (Å²) in [4.78, 5) is 38.9. The van der Waals surface area contributed by atoms with E-state index in [4.69, 9.17) is 0 Å². The maximum Gasteiger partial charge on any atom is 0.251 e. The van der Waals surface area contributed by atoms with Crippen molar-refractivity contribution in [1.82, 2.24) is 10.6 Å². The molecule has 1 saturated heterocycles. The standard InChI is InChI=1S/C32H39N5O4/c1-3-34-27-17-25(18-28(19-27)37-15-7-10-31(37)40)32(41)36-29(16-23-8-5-4-6-9-23)30(39)21-33-20-24-11-13-26(14-12-24)35-22(2)38/h4-6,8-9,11-14,17-19,29-30,33-34,39H,3,7,10,15-16,20-21H2,1-2H3,(H,35,38)(H,36,41)/t29-,30-/m0/s1. The fourth-order valence-corrected chi connectivity index (χ4v) is 4.94. The number of carbonyl (C=O) groups is 3. The second-order valence-electron chi connectivity index (χ2n) is 10.3. The molecule has 1 aliphatic heterocycles. The molecule has 4 rings (SSSR count). The maximum absolute atomic E-state index is 13.6. The van der Waals surface area contributed by atoms with E-state index in [-0.39, 0.29) is 24.3 Å². The van der Waals surface area contributed by atoms with E-state index in [1.54, 1.807) is 17.0 Å². The Kier molecular flexibility index (Phi) is 10.5. The van der Waals surface area contributed by atoms with Gasteiger partial charge in [-0.3, -0.25) is 14.4 Å². The predicted molar refractivity (Wildman–Crippen MR) is 162 cm³/mol. The topological polar surface area (TPSA) is 123 Å². The Morgan fingerprint density at radius 2 is 1.73 bits per heavy atom. The van der Waals surface area contributed by atoms with E-state index in [0.29, 0.717) is 43.7 Å². The molecule has 1 fully saturated rings. The van der Waals surface area contributed by atoms with Crippen molar-refractivity contribution in [1.29, 1.82) is 0 Å². The van der Waals surface area contributed by atoms with Gasteiger partial charge in [-0.15, -0.1) is 0 Å². The first kappa shape index (κ1) is 29.8. The van der Waals surface area contributed by atoms with E-state index in [2.05, 4.69) is 21.3 Å². The third-order valence-electron chi connectivity index (χ3n) is 6.98. The minimum absolute atomic E-state index is 0.0539. The van der Waals surface area contributed by atoms with Gasteiger partial charge < -0.3 is 31.3 Å². The number of carbonyl (C=O) groups excluding carboxylic acids is 3. The number of aliphatic hydroxyl groups excluding tert-OH is 1. The minimum Gasteiger partial charge on any atom is -0.390 e. The van der Waals surface area contributed by atoms with Crippen LogP contribution in [0.3, 0.4) is 0 Å². The molecule has 3 amide bonds.